The van der Waals surface area contributed by atoms with E-state index in [9.17, 15) is 33.8 Å². The zero-order valence-electron chi connectivity index (χ0n) is 15.7. The van der Waals surface area contributed by atoms with E-state index in [1.807, 2.05) is 0 Å². The Labute approximate surface area is 167 Å². The van der Waals surface area contributed by atoms with Crippen LogP contribution in [0.1, 0.15) is 23.7 Å². The zero-order valence-corrected chi connectivity index (χ0v) is 15.7. The molecule has 0 unspecified atom stereocenters. The Morgan fingerprint density at radius 1 is 1.00 bits per heavy atom. The molecule has 0 saturated carbocycles. The second kappa shape index (κ2) is 9.36. The van der Waals surface area contributed by atoms with Gasteiger partial charge in [-0.2, -0.15) is 0 Å². The maximum absolute atomic E-state index is 13.1. The Kier molecular flexibility index (Phi) is 6.90. The summed E-state index contributed by atoms with van der Waals surface area (Å²) in [5, 5.41) is 31.5. The number of carbonyl (C=O) groups excluding carboxylic acids is 1. The number of ketones is 1. The number of halogens is 2. The topological polar surface area (TPSA) is 147 Å². The maximum Gasteiger partial charge on any atom is 0.273 e. The number of tetrazole rings is 1. The van der Waals surface area contributed by atoms with Crippen LogP contribution in [0, 0.1) is 31.9 Å². The van der Waals surface area contributed by atoms with E-state index < -0.39 is 27.2 Å². The largest absolute Gasteiger partial charge is 0.294 e. The number of non-ortho nitro benzene ring substituents is 2. The van der Waals surface area contributed by atoms with E-state index in [0.717, 1.165) is 30.3 Å². The molecule has 0 aliphatic heterocycles. The molecule has 0 fully saturated rings. The number of nitrogens with zero attached hydrogens (tertiary/aromatic N) is 6. The molecule has 0 aliphatic rings. The van der Waals surface area contributed by atoms with Crippen molar-refractivity contribution in [2.45, 2.75) is 13.3 Å². The van der Waals surface area contributed by atoms with Crippen LogP contribution < -0.4 is 0 Å². The number of aromatic nitrogens is 4. The van der Waals surface area contributed by atoms with E-state index in [-0.39, 0.29) is 34.8 Å². The standard InChI is InChI=1S/C9H8FNO3.C8H6FN5O2/c1-2-9(12)6-3-7(10)5-8(4-6)11(13)14;1-13-8(10-11-12-13)5-2-6(9)4-7(3-5)14(15)16/h3-5H,2H2,1H3;2-4H,1H3. The first-order chi connectivity index (χ1) is 14.1. The van der Waals surface area contributed by atoms with Gasteiger partial charge in [0.2, 0.25) is 0 Å². The molecule has 13 heteroatoms. The smallest absolute Gasteiger partial charge is 0.273 e. The summed E-state index contributed by atoms with van der Waals surface area (Å²) < 4.78 is 27.3. The van der Waals surface area contributed by atoms with E-state index in [1.54, 1.807) is 14.0 Å². The van der Waals surface area contributed by atoms with Crippen LogP contribution in [0.2, 0.25) is 0 Å². The molecule has 30 heavy (non-hydrogen) atoms. The van der Waals surface area contributed by atoms with Crippen LogP contribution in [0.25, 0.3) is 11.4 Å². The lowest BCUT2D eigenvalue weighted by molar-refractivity contribution is -0.385. The Morgan fingerprint density at radius 3 is 2.07 bits per heavy atom. The SMILES string of the molecule is CCC(=O)c1cc(F)cc([N+](=O)[O-])c1.Cn1nnnc1-c1cc(F)cc([N+](=O)[O-])c1. The summed E-state index contributed by atoms with van der Waals surface area (Å²) in [6.07, 6.45) is 0.195. The van der Waals surface area contributed by atoms with Crippen LogP contribution in [0.4, 0.5) is 20.2 Å². The molecule has 3 rings (SSSR count). The van der Waals surface area contributed by atoms with Gasteiger partial charge in [0, 0.05) is 36.7 Å². The highest BCUT2D eigenvalue weighted by Crippen LogP contribution is 2.23. The number of Topliss-reactive ketones (excluding diaryl/α,β-unsaturated/α-hetero) is 1. The van der Waals surface area contributed by atoms with Crippen molar-refractivity contribution < 1.29 is 23.4 Å². The van der Waals surface area contributed by atoms with Gasteiger partial charge in [-0.1, -0.05) is 6.92 Å². The number of hydrogen-bond acceptors (Lipinski definition) is 8. The van der Waals surface area contributed by atoms with Crippen LogP contribution in [-0.4, -0.2) is 35.8 Å². The van der Waals surface area contributed by atoms with Crippen LogP contribution in [0.15, 0.2) is 36.4 Å². The molecule has 0 atom stereocenters. The quantitative estimate of drug-likeness (QED) is 0.347. The van der Waals surface area contributed by atoms with Gasteiger partial charge >= 0.3 is 0 Å². The first-order valence-corrected chi connectivity index (χ1v) is 8.28. The fraction of sp³-hybridized carbons (Fsp3) is 0.176. The van der Waals surface area contributed by atoms with Crippen LogP contribution in [0.3, 0.4) is 0 Å². The van der Waals surface area contributed by atoms with Crippen molar-refractivity contribution in [3.8, 4) is 11.4 Å². The number of aryl methyl sites for hydroxylation is 1. The highest BCUT2D eigenvalue weighted by atomic mass is 19.1. The number of carbonyl (C=O) groups is 1. The molecular formula is C17H14F2N6O5. The summed E-state index contributed by atoms with van der Waals surface area (Å²) in [5.74, 6) is -1.52. The number of benzene rings is 2. The Morgan fingerprint density at radius 2 is 1.57 bits per heavy atom. The average molecular weight is 420 g/mol. The number of rotatable bonds is 5. The molecule has 0 spiro atoms. The minimum Gasteiger partial charge on any atom is -0.294 e. The maximum atomic E-state index is 13.1. The molecule has 0 radical (unpaired) electrons. The van der Waals surface area contributed by atoms with Gasteiger partial charge in [-0.3, -0.25) is 25.0 Å². The van der Waals surface area contributed by atoms with Gasteiger partial charge in [-0.25, -0.2) is 13.5 Å². The molecule has 0 bridgehead atoms. The van der Waals surface area contributed by atoms with E-state index >= 15 is 0 Å². The highest BCUT2D eigenvalue weighted by molar-refractivity contribution is 5.96. The number of nitro benzene ring substituents is 2. The van der Waals surface area contributed by atoms with E-state index in [0.29, 0.717) is 0 Å². The summed E-state index contributed by atoms with van der Waals surface area (Å²) in [4.78, 5) is 30.6. The van der Waals surface area contributed by atoms with Gasteiger partial charge in [0.25, 0.3) is 11.4 Å². The molecule has 0 aliphatic carbocycles. The third kappa shape index (κ3) is 5.43. The summed E-state index contributed by atoms with van der Waals surface area (Å²) in [6, 6.07) is 6.06. The van der Waals surface area contributed by atoms with E-state index in [1.165, 1.54) is 10.7 Å². The normalized spacial score (nSPS) is 10.1. The monoisotopic (exact) mass is 420 g/mol. The van der Waals surface area contributed by atoms with Crippen molar-refractivity contribution in [3.05, 3.63) is 73.8 Å². The van der Waals surface area contributed by atoms with Crippen LogP contribution in [-0.2, 0) is 7.05 Å². The molecule has 2 aromatic carbocycles. The third-order valence-electron chi connectivity index (χ3n) is 3.71. The fourth-order valence-electron chi connectivity index (χ4n) is 2.33. The lowest BCUT2D eigenvalue weighted by atomic mass is 10.1. The predicted molar refractivity (Wildman–Crippen MR) is 98.5 cm³/mol. The van der Waals surface area contributed by atoms with E-state index in [4.69, 9.17) is 0 Å². The van der Waals surface area contributed by atoms with Gasteiger partial charge in [0.05, 0.1) is 22.0 Å². The van der Waals surface area contributed by atoms with Gasteiger partial charge < -0.3 is 0 Å². The Balaban J connectivity index is 0.000000216. The van der Waals surface area contributed by atoms with Crippen molar-refractivity contribution in [3.63, 3.8) is 0 Å². The van der Waals surface area contributed by atoms with Crippen LogP contribution in [0.5, 0.6) is 0 Å². The predicted octanol–water partition coefficient (Wildman–Crippen LogP) is 3.25. The molecule has 0 N–H and O–H groups in total. The Bertz CT molecular complexity index is 1120. The average Bonchev–Trinajstić information content (AvgIpc) is 3.12. The molecule has 3 aromatic rings. The Hall–Kier alpha value is -4.16. The van der Waals surface area contributed by atoms with Gasteiger partial charge in [-0.15, -0.1) is 5.10 Å². The van der Waals surface area contributed by atoms with Gasteiger partial charge in [0.1, 0.15) is 11.6 Å². The fourth-order valence-corrected chi connectivity index (χ4v) is 2.33. The number of nitro groups is 2. The first kappa shape index (κ1) is 22.1. The summed E-state index contributed by atoms with van der Waals surface area (Å²) in [5.41, 5.74) is -0.432. The first-order valence-electron chi connectivity index (χ1n) is 8.28. The third-order valence-corrected chi connectivity index (χ3v) is 3.71. The second-order valence-corrected chi connectivity index (χ2v) is 5.81. The second-order valence-electron chi connectivity index (χ2n) is 5.81. The minimum atomic E-state index is -0.768. The van der Waals surface area contributed by atoms with Crippen molar-refractivity contribution in [2.75, 3.05) is 0 Å². The summed E-state index contributed by atoms with van der Waals surface area (Å²) >= 11 is 0. The van der Waals surface area contributed by atoms with Crippen molar-refractivity contribution >= 4 is 17.2 Å². The van der Waals surface area contributed by atoms with E-state index in [2.05, 4.69) is 15.5 Å². The molecule has 0 amide bonds. The lowest BCUT2D eigenvalue weighted by Crippen LogP contribution is -1.99. The minimum absolute atomic E-state index is 0.0409. The highest BCUT2D eigenvalue weighted by Gasteiger charge is 2.14. The number of hydrogen-bond donors (Lipinski definition) is 0. The molecule has 156 valence electrons. The molecule has 11 nitrogen and oxygen atoms in total. The lowest BCUT2D eigenvalue weighted by Gasteiger charge is -1.99. The van der Waals surface area contributed by atoms with Crippen LogP contribution >= 0.6 is 0 Å². The summed E-state index contributed by atoms with van der Waals surface area (Å²) in [6.45, 7) is 1.61. The zero-order chi connectivity index (χ0) is 22.4. The molecule has 0 saturated heterocycles. The van der Waals surface area contributed by atoms with Crippen molar-refractivity contribution in [1.29, 1.82) is 0 Å². The molecule has 1 heterocycles. The summed E-state index contributed by atoms with van der Waals surface area (Å²) in [7, 11) is 1.56. The van der Waals surface area contributed by atoms with Crippen molar-refractivity contribution in [2.24, 2.45) is 7.05 Å². The van der Waals surface area contributed by atoms with Crippen molar-refractivity contribution in [1.82, 2.24) is 20.2 Å². The molecule has 1 aromatic heterocycles. The van der Waals surface area contributed by atoms with Gasteiger partial charge in [0.15, 0.2) is 11.6 Å². The molecular weight excluding hydrogens is 406 g/mol. The van der Waals surface area contributed by atoms with Gasteiger partial charge in [-0.05, 0) is 22.6 Å².